The largest absolute Gasteiger partial charge is 0.468 e. The van der Waals surface area contributed by atoms with Crippen LogP contribution in [0.15, 0.2) is 59.7 Å². The lowest BCUT2D eigenvalue weighted by atomic mass is 9.97. The predicted molar refractivity (Wildman–Crippen MR) is 99.9 cm³/mol. The van der Waals surface area contributed by atoms with E-state index in [0.29, 0.717) is 6.54 Å². The Kier molecular flexibility index (Phi) is 5.29. The minimum Gasteiger partial charge on any atom is -0.468 e. The third-order valence-electron chi connectivity index (χ3n) is 4.95. The minimum absolute atomic E-state index is 0.00671. The number of benzene rings is 1. The molecule has 27 heavy (non-hydrogen) atoms. The molecule has 2 aromatic heterocycles. The lowest BCUT2D eigenvalue weighted by Crippen LogP contribution is -2.42. The highest BCUT2D eigenvalue weighted by Gasteiger charge is 2.26. The fourth-order valence-corrected chi connectivity index (χ4v) is 3.58. The number of furan rings is 1. The second-order valence-electron chi connectivity index (χ2n) is 6.84. The van der Waals surface area contributed by atoms with Crippen molar-refractivity contribution >= 4 is 5.91 Å². The van der Waals surface area contributed by atoms with E-state index in [0.717, 1.165) is 49.5 Å². The monoisotopic (exact) mass is 365 g/mol. The first-order valence-electron chi connectivity index (χ1n) is 9.25. The lowest BCUT2D eigenvalue weighted by molar-refractivity contribution is -0.127. The van der Waals surface area contributed by atoms with Crippen LogP contribution in [0.25, 0.3) is 5.69 Å². The molecule has 1 atom stereocenters. The summed E-state index contributed by atoms with van der Waals surface area (Å²) < 4.78 is 7.15. The Morgan fingerprint density at radius 3 is 3.00 bits per heavy atom. The number of hydrogen-bond donors (Lipinski definition) is 1. The van der Waals surface area contributed by atoms with Crippen molar-refractivity contribution in [2.75, 3.05) is 13.1 Å². The van der Waals surface area contributed by atoms with Gasteiger partial charge in [-0.1, -0.05) is 18.2 Å². The summed E-state index contributed by atoms with van der Waals surface area (Å²) in [4.78, 5) is 19.0. The molecule has 0 aliphatic carbocycles. The van der Waals surface area contributed by atoms with Gasteiger partial charge in [0.2, 0.25) is 5.91 Å². The van der Waals surface area contributed by atoms with Crippen molar-refractivity contribution < 1.29 is 9.21 Å². The van der Waals surface area contributed by atoms with Crippen LogP contribution in [-0.2, 0) is 17.9 Å². The lowest BCUT2D eigenvalue weighted by Gasteiger charge is -2.31. The number of hydrogen-bond acceptors (Lipinski definition) is 5. The average Bonchev–Trinajstić information content (AvgIpc) is 3.41. The summed E-state index contributed by atoms with van der Waals surface area (Å²) in [5, 5.41) is 7.29. The SMILES string of the molecule is O=C(NCc1ccccc1-n1cncn1)C1CCCN(Cc2ccco2)C1. The molecule has 0 spiro atoms. The van der Waals surface area contributed by atoms with Crippen molar-refractivity contribution in [2.24, 2.45) is 5.92 Å². The Labute approximate surface area is 158 Å². The Morgan fingerprint density at radius 2 is 2.19 bits per heavy atom. The smallest absolute Gasteiger partial charge is 0.224 e. The summed E-state index contributed by atoms with van der Waals surface area (Å²) in [5.41, 5.74) is 1.94. The van der Waals surface area contributed by atoms with Gasteiger partial charge in [0, 0.05) is 13.1 Å². The van der Waals surface area contributed by atoms with Gasteiger partial charge >= 0.3 is 0 Å². The van der Waals surface area contributed by atoms with Gasteiger partial charge in [0.1, 0.15) is 18.4 Å². The van der Waals surface area contributed by atoms with Crippen molar-refractivity contribution in [2.45, 2.75) is 25.9 Å². The zero-order valence-electron chi connectivity index (χ0n) is 15.1. The molecule has 1 unspecified atom stereocenters. The van der Waals surface area contributed by atoms with E-state index in [1.54, 1.807) is 17.3 Å². The van der Waals surface area contributed by atoms with Crippen LogP contribution < -0.4 is 5.32 Å². The van der Waals surface area contributed by atoms with Gasteiger partial charge < -0.3 is 9.73 Å². The van der Waals surface area contributed by atoms with E-state index in [2.05, 4.69) is 20.3 Å². The van der Waals surface area contributed by atoms with Gasteiger partial charge in [-0.05, 0) is 43.1 Å². The zero-order valence-corrected chi connectivity index (χ0v) is 15.1. The molecule has 0 bridgehead atoms. The maximum Gasteiger partial charge on any atom is 0.224 e. The van der Waals surface area contributed by atoms with Crippen molar-refractivity contribution in [3.8, 4) is 5.69 Å². The number of carbonyl (C=O) groups is 1. The van der Waals surface area contributed by atoms with Gasteiger partial charge in [0.25, 0.3) is 0 Å². The summed E-state index contributed by atoms with van der Waals surface area (Å²) in [5.74, 6) is 1.05. The Balaban J connectivity index is 1.36. The highest BCUT2D eigenvalue weighted by Crippen LogP contribution is 2.20. The molecule has 3 aromatic rings. The molecule has 3 heterocycles. The van der Waals surface area contributed by atoms with Gasteiger partial charge in [-0.15, -0.1) is 0 Å². The number of para-hydroxylation sites is 1. The van der Waals surface area contributed by atoms with Crippen LogP contribution in [0.2, 0.25) is 0 Å². The number of nitrogens with one attached hydrogen (secondary N) is 1. The van der Waals surface area contributed by atoms with Crippen LogP contribution in [-0.4, -0.2) is 38.7 Å². The van der Waals surface area contributed by atoms with Crippen LogP contribution in [0.4, 0.5) is 0 Å². The van der Waals surface area contributed by atoms with Crippen molar-refractivity contribution in [1.29, 1.82) is 0 Å². The van der Waals surface area contributed by atoms with E-state index < -0.39 is 0 Å². The molecule has 4 rings (SSSR count). The Hall–Kier alpha value is -2.93. The number of amides is 1. The number of piperidine rings is 1. The van der Waals surface area contributed by atoms with Crippen LogP contribution in [0, 0.1) is 5.92 Å². The molecule has 1 aliphatic heterocycles. The molecule has 1 aliphatic rings. The summed E-state index contributed by atoms with van der Waals surface area (Å²) in [6.07, 6.45) is 6.80. The van der Waals surface area contributed by atoms with E-state index in [-0.39, 0.29) is 11.8 Å². The molecule has 1 amide bonds. The molecule has 7 heteroatoms. The molecular weight excluding hydrogens is 342 g/mol. The first-order valence-corrected chi connectivity index (χ1v) is 9.25. The molecule has 140 valence electrons. The number of carbonyl (C=O) groups excluding carboxylic acids is 1. The third-order valence-corrected chi connectivity index (χ3v) is 4.95. The third kappa shape index (κ3) is 4.25. The second-order valence-corrected chi connectivity index (χ2v) is 6.84. The Morgan fingerprint density at radius 1 is 1.26 bits per heavy atom. The van der Waals surface area contributed by atoms with Gasteiger partial charge in [-0.2, -0.15) is 5.10 Å². The summed E-state index contributed by atoms with van der Waals surface area (Å²) in [6, 6.07) is 11.8. The first kappa shape index (κ1) is 17.5. The minimum atomic E-state index is 0.00671. The van der Waals surface area contributed by atoms with Crippen LogP contribution >= 0.6 is 0 Å². The number of likely N-dealkylation sites (tertiary alicyclic amines) is 1. The van der Waals surface area contributed by atoms with Crippen molar-refractivity contribution in [3.63, 3.8) is 0 Å². The standard InChI is InChI=1S/C20H23N5O2/c26-20(17-6-3-9-24(12-17)13-18-7-4-10-27-18)22-11-16-5-1-2-8-19(16)25-15-21-14-23-25/h1-2,4-5,7-8,10,14-15,17H,3,6,9,11-13H2,(H,22,26). The zero-order chi connectivity index (χ0) is 18.5. The maximum absolute atomic E-state index is 12.7. The molecule has 0 saturated carbocycles. The molecule has 1 saturated heterocycles. The highest BCUT2D eigenvalue weighted by atomic mass is 16.3. The van der Waals surface area contributed by atoms with Crippen LogP contribution in [0.5, 0.6) is 0 Å². The summed E-state index contributed by atoms with van der Waals surface area (Å²) >= 11 is 0. The summed E-state index contributed by atoms with van der Waals surface area (Å²) in [6.45, 7) is 2.99. The normalized spacial score (nSPS) is 17.7. The Bertz CT molecular complexity index is 860. The summed E-state index contributed by atoms with van der Waals surface area (Å²) in [7, 11) is 0. The van der Waals surface area contributed by atoms with Gasteiger partial charge in [0.15, 0.2) is 0 Å². The van der Waals surface area contributed by atoms with E-state index in [4.69, 9.17) is 4.42 Å². The van der Waals surface area contributed by atoms with E-state index in [1.807, 2.05) is 36.4 Å². The van der Waals surface area contributed by atoms with Crippen molar-refractivity contribution in [3.05, 3.63) is 66.6 Å². The topological polar surface area (TPSA) is 76.2 Å². The first-order chi connectivity index (χ1) is 13.3. The molecular formula is C20H23N5O2. The van der Waals surface area contributed by atoms with Crippen LogP contribution in [0.3, 0.4) is 0 Å². The van der Waals surface area contributed by atoms with Gasteiger partial charge in [0.05, 0.1) is 24.4 Å². The molecule has 1 aromatic carbocycles. The van der Waals surface area contributed by atoms with Gasteiger partial charge in [-0.25, -0.2) is 9.67 Å². The fourth-order valence-electron chi connectivity index (χ4n) is 3.58. The number of rotatable bonds is 6. The average molecular weight is 365 g/mol. The molecule has 1 fully saturated rings. The molecule has 7 nitrogen and oxygen atoms in total. The van der Waals surface area contributed by atoms with E-state index in [1.165, 1.54) is 6.33 Å². The van der Waals surface area contributed by atoms with E-state index in [9.17, 15) is 4.79 Å². The molecule has 0 radical (unpaired) electrons. The highest BCUT2D eigenvalue weighted by molar-refractivity contribution is 5.79. The maximum atomic E-state index is 12.7. The van der Waals surface area contributed by atoms with Crippen LogP contribution in [0.1, 0.15) is 24.2 Å². The second kappa shape index (κ2) is 8.18. The van der Waals surface area contributed by atoms with E-state index >= 15 is 0 Å². The quantitative estimate of drug-likeness (QED) is 0.726. The predicted octanol–water partition coefficient (Wildman–Crippen LogP) is 2.39. The number of aromatic nitrogens is 3. The fraction of sp³-hybridized carbons (Fsp3) is 0.350. The number of nitrogens with zero attached hydrogens (tertiary/aromatic N) is 4. The molecule has 1 N–H and O–H groups in total. The van der Waals surface area contributed by atoms with Gasteiger partial charge in [-0.3, -0.25) is 9.69 Å². The van der Waals surface area contributed by atoms with Crippen molar-refractivity contribution in [1.82, 2.24) is 25.0 Å².